The lowest BCUT2D eigenvalue weighted by molar-refractivity contribution is -0.385. The van der Waals surface area contributed by atoms with Crippen molar-refractivity contribution in [2.75, 3.05) is 31.2 Å². The second kappa shape index (κ2) is 5.85. The quantitative estimate of drug-likeness (QED) is 0.610. The third-order valence-corrected chi connectivity index (χ3v) is 3.12. The van der Waals surface area contributed by atoms with E-state index in [0.717, 1.165) is 0 Å². The van der Waals surface area contributed by atoms with Gasteiger partial charge in [0.1, 0.15) is 5.56 Å². The first-order valence-corrected chi connectivity index (χ1v) is 6.02. The number of nitrogens with zero attached hydrogens (tertiary/aromatic N) is 2. The molecule has 1 atom stereocenters. The molecule has 0 aliphatic carbocycles. The van der Waals surface area contributed by atoms with Crippen LogP contribution in [-0.4, -0.2) is 53.5 Å². The zero-order valence-electron chi connectivity index (χ0n) is 10.6. The molecule has 1 aromatic carbocycles. The molecule has 20 heavy (non-hydrogen) atoms. The van der Waals surface area contributed by atoms with Gasteiger partial charge in [-0.15, -0.1) is 0 Å². The molecule has 0 radical (unpaired) electrons. The van der Waals surface area contributed by atoms with Gasteiger partial charge in [0.25, 0.3) is 5.69 Å². The summed E-state index contributed by atoms with van der Waals surface area (Å²) in [4.78, 5) is 23.0. The molecule has 1 saturated heterocycles. The average Bonchev–Trinajstić information content (AvgIpc) is 2.46. The maximum atomic E-state index is 10.9. The highest BCUT2D eigenvalue weighted by molar-refractivity contribution is 5.93. The number of anilines is 1. The Labute approximate surface area is 114 Å². The van der Waals surface area contributed by atoms with Crippen molar-refractivity contribution in [3.05, 3.63) is 33.9 Å². The first-order chi connectivity index (χ1) is 9.52. The minimum Gasteiger partial charge on any atom is -0.477 e. The molecule has 1 unspecified atom stereocenters. The molecular weight excluding hydrogens is 268 g/mol. The summed E-state index contributed by atoms with van der Waals surface area (Å²) in [6.45, 7) is 1.20. The van der Waals surface area contributed by atoms with E-state index in [-0.39, 0.29) is 18.3 Å². The number of nitro benzene ring substituents is 1. The Morgan fingerprint density at radius 2 is 2.30 bits per heavy atom. The van der Waals surface area contributed by atoms with Crippen molar-refractivity contribution in [2.24, 2.45) is 0 Å². The Morgan fingerprint density at radius 1 is 1.55 bits per heavy atom. The molecule has 2 N–H and O–H groups in total. The normalized spacial score (nSPS) is 18.9. The molecule has 1 aromatic rings. The number of hydrogen-bond acceptors (Lipinski definition) is 6. The van der Waals surface area contributed by atoms with E-state index >= 15 is 0 Å². The van der Waals surface area contributed by atoms with Crippen molar-refractivity contribution in [3.63, 3.8) is 0 Å². The number of carbonyl (C=O) groups is 1. The third kappa shape index (κ3) is 2.86. The van der Waals surface area contributed by atoms with Gasteiger partial charge in [0.2, 0.25) is 0 Å². The van der Waals surface area contributed by atoms with Crippen LogP contribution in [0.5, 0.6) is 0 Å². The lowest BCUT2D eigenvalue weighted by Crippen LogP contribution is -2.44. The number of benzene rings is 1. The minimum absolute atomic E-state index is 0.133. The van der Waals surface area contributed by atoms with Crippen LogP contribution >= 0.6 is 0 Å². The zero-order chi connectivity index (χ0) is 14.7. The SMILES string of the molecule is O=C(O)c1ccc(N2CCOC(CO)C2)cc1[N+](=O)[O-]. The number of aliphatic hydroxyl groups is 1. The highest BCUT2D eigenvalue weighted by atomic mass is 16.6. The maximum Gasteiger partial charge on any atom is 0.342 e. The highest BCUT2D eigenvalue weighted by Gasteiger charge is 2.24. The zero-order valence-corrected chi connectivity index (χ0v) is 10.6. The van der Waals surface area contributed by atoms with Crippen molar-refractivity contribution in [1.82, 2.24) is 0 Å². The highest BCUT2D eigenvalue weighted by Crippen LogP contribution is 2.27. The topological polar surface area (TPSA) is 113 Å². The summed E-state index contributed by atoms with van der Waals surface area (Å²) in [7, 11) is 0. The number of morpholine rings is 1. The number of ether oxygens (including phenoxy) is 1. The third-order valence-electron chi connectivity index (χ3n) is 3.12. The maximum absolute atomic E-state index is 10.9. The second-order valence-electron chi connectivity index (χ2n) is 4.39. The molecule has 2 rings (SSSR count). The van der Waals surface area contributed by atoms with Gasteiger partial charge in [-0.25, -0.2) is 4.79 Å². The summed E-state index contributed by atoms with van der Waals surface area (Å²) < 4.78 is 5.30. The number of carboxylic acid groups (broad SMARTS) is 1. The number of carboxylic acids is 1. The molecule has 0 aromatic heterocycles. The van der Waals surface area contributed by atoms with Crippen LogP contribution in [0, 0.1) is 10.1 Å². The van der Waals surface area contributed by atoms with Gasteiger partial charge in [-0.1, -0.05) is 0 Å². The molecule has 1 fully saturated rings. The molecule has 8 nitrogen and oxygen atoms in total. The van der Waals surface area contributed by atoms with Crippen molar-refractivity contribution < 1.29 is 24.7 Å². The molecule has 0 bridgehead atoms. The van der Waals surface area contributed by atoms with Crippen molar-refractivity contribution in [2.45, 2.75) is 6.10 Å². The lowest BCUT2D eigenvalue weighted by Gasteiger charge is -2.33. The number of nitro groups is 1. The largest absolute Gasteiger partial charge is 0.477 e. The Bertz CT molecular complexity index is 533. The van der Waals surface area contributed by atoms with E-state index in [2.05, 4.69) is 0 Å². The lowest BCUT2D eigenvalue weighted by atomic mass is 10.1. The van der Waals surface area contributed by atoms with E-state index in [1.54, 1.807) is 0 Å². The van der Waals surface area contributed by atoms with Gasteiger partial charge in [0, 0.05) is 24.8 Å². The van der Waals surface area contributed by atoms with E-state index < -0.39 is 16.6 Å². The first kappa shape index (κ1) is 14.2. The van der Waals surface area contributed by atoms with Crippen LogP contribution in [0.25, 0.3) is 0 Å². The minimum atomic E-state index is -1.33. The van der Waals surface area contributed by atoms with Gasteiger partial charge in [0.15, 0.2) is 0 Å². The van der Waals surface area contributed by atoms with Gasteiger partial charge in [-0.3, -0.25) is 10.1 Å². The number of aromatic carboxylic acids is 1. The fourth-order valence-corrected chi connectivity index (χ4v) is 2.11. The van der Waals surface area contributed by atoms with Gasteiger partial charge >= 0.3 is 5.97 Å². The summed E-state index contributed by atoms with van der Waals surface area (Å²) in [6, 6.07) is 3.98. The summed E-state index contributed by atoms with van der Waals surface area (Å²) in [5.41, 5.74) is -0.240. The van der Waals surface area contributed by atoms with E-state index in [9.17, 15) is 14.9 Å². The van der Waals surface area contributed by atoms with Crippen LogP contribution in [0.1, 0.15) is 10.4 Å². The number of aliphatic hydroxyl groups excluding tert-OH is 1. The summed E-state index contributed by atoms with van der Waals surface area (Å²) in [6.07, 6.45) is -0.345. The van der Waals surface area contributed by atoms with E-state index in [4.69, 9.17) is 14.9 Å². The molecule has 1 aliphatic rings. The smallest absolute Gasteiger partial charge is 0.342 e. The molecule has 1 heterocycles. The predicted octanol–water partition coefficient (Wildman–Crippen LogP) is 0.490. The van der Waals surface area contributed by atoms with Crippen molar-refractivity contribution in [1.29, 1.82) is 0 Å². The Morgan fingerprint density at radius 3 is 2.90 bits per heavy atom. The predicted molar refractivity (Wildman–Crippen MR) is 69.1 cm³/mol. The fraction of sp³-hybridized carbons (Fsp3) is 0.417. The van der Waals surface area contributed by atoms with E-state index in [1.165, 1.54) is 18.2 Å². The summed E-state index contributed by atoms with van der Waals surface area (Å²) in [5, 5.41) is 28.9. The monoisotopic (exact) mass is 282 g/mol. The average molecular weight is 282 g/mol. The van der Waals surface area contributed by atoms with Crippen LogP contribution in [0.3, 0.4) is 0 Å². The molecular formula is C12H14N2O6. The molecule has 8 heteroatoms. The summed E-state index contributed by atoms with van der Waals surface area (Å²) in [5.74, 6) is -1.33. The number of hydrogen-bond donors (Lipinski definition) is 2. The second-order valence-corrected chi connectivity index (χ2v) is 4.39. The van der Waals surface area contributed by atoms with Gasteiger partial charge in [0.05, 0.1) is 24.2 Å². The number of rotatable bonds is 4. The van der Waals surface area contributed by atoms with Gasteiger partial charge in [-0.05, 0) is 12.1 Å². The van der Waals surface area contributed by atoms with E-state index in [1.807, 2.05) is 4.90 Å². The van der Waals surface area contributed by atoms with Crippen LogP contribution in [0.4, 0.5) is 11.4 Å². The molecule has 0 spiro atoms. The van der Waals surface area contributed by atoms with Gasteiger partial charge < -0.3 is 19.8 Å². The Balaban J connectivity index is 2.31. The molecule has 0 amide bonds. The standard InChI is InChI=1S/C12H14N2O6/c15-7-9-6-13(3-4-20-9)8-1-2-10(12(16)17)11(5-8)14(18)19/h1-2,5,9,15H,3-4,6-7H2,(H,16,17). The van der Waals surface area contributed by atoms with Crippen molar-refractivity contribution >= 4 is 17.3 Å². The molecule has 1 aliphatic heterocycles. The summed E-state index contributed by atoms with van der Waals surface area (Å²) >= 11 is 0. The fourth-order valence-electron chi connectivity index (χ4n) is 2.11. The molecule has 0 saturated carbocycles. The Hall–Kier alpha value is -2.19. The molecule has 108 valence electrons. The first-order valence-electron chi connectivity index (χ1n) is 6.02. The van der Waals surface area contributed by atoms with Crippen LogP contribution in [-0.2, 0) is 4.74 Å². The van der Waals surface area contributed by atoms with Crippen molar-refractivity contribution in [3.8, 4) is 0 Å². The van der Waals surface area contributed by atoms with Gasteiger partial charge in [-0.2, -0.15) is 0 Å². The van der Waals surface area contributed by atoms with Crippen LogP contribution in [0.15, 0.2) is 18.2 Å². The Kier molecular flexibility index (Phi) is 4.16. The van der Waals surface area contributed by atoms with Crippen LogP contribution < -0.4 is 4.90 Å². The van der Waals surface area contributed by atoms with Crippen LogP contribution in [0.2, 0.25) is 0 Å². The van der Waals surface area contributed by atoms with E-state index in [0.29, 0.717) is 25.4 Å².